The molecular formula is C13H27NO2S. The number of hydrogen-bond acceptors (Lipinski definition) is 3. The second-order valence-electron chi connectivity index (χ2n) is 6.09. The molecule has 3 nitrogen and oxygen atoms in total. The van der Waals surface area contributed by atoms with Gasteiger partial charge in [0.25, 0.3) is 0 Å². The Labute approximate surface area is 106 Å². The molecule has 0 aromatic rings. The van der Waals surface area contributed by atoms with Crippen molar-refractivity contribution >= 4 is 9.84 Å². The van der Waals surface area contributed by atoms with Crippen molar-refractivity contribution in [1.29, 1.82) is 0 Å². The van der Waals surface area contributed by atoms with Crippen molar-refractivity contribution in [3.8, 4) is 0 Å². The summed E-state index contributed by atoms with van der Waals surface area (Å²) in [4.78, 5) is 0. The fourth-order valence-electron chi connectivity index (χ4n) is 2.92. The van der Waals surface area contributed by atoms with Gasteiger partial charge in [-0.05, 0) is 38.6 Å². The fraction of sp³-hybridized carbons (Fsp3) is 1.00. The Kier molecular flexibility index (Phi) is 4.64. The molecule has 1 saturated carbocycles. The Morgan fingerprint density at radius 3 is 2.41 bits per heavy atom. The molecule has 2 atom stereocenters. The van der Waals surface area contributed by atoms with Crippen LogP contribution in [-0.2, 0) is 9.84 Å². The highest BCUT2D eigenvalue weighted by Gasteiger charge is 2.45. The van der Waals surface area contributed by atoms with Gasteiger partial charge >= 0.3 is 0 Å². The van der Waals surface area contributed by atoms with Crippen molar-refractivity contribution in [1.82, 2.24) is 5.32 Å². The molecule has 0 saturated heterocycles. The van der Waals surface area contributed by atoms with Gasteiger partial charge in [0, 0.05) is 6.04 Å². The number of sulfone groups is 1. The molecule has 0 radical (unpaired) electrons. The summed E-state index contributed by atoms with van der Waals surface area (Å²) < 4.78 is 24.8. The van der Waals surface area contributed by atoms with E-state index in [1.54, 1.807) is 13.8 Å². The third kappa shape index (κ3) is 3.02. The molecule has 1 aliphatic rings. The van der Waals surface area contributed by atoms with Crippen LogP contribution in [0.3, 0.4) is 0 Å². The van der Waals surface area contributed by atoms with E-state index in [2.05, 4.69) is 19.2 Å². The monoisotopic (exact) mass is 261 g/mol. The molecule has 0 aromatic carbocycles. The van der Waals surface area contributed by atoms with Gasteiger partial charge in [0.15, 0.2) is 9.84 Å². The van der Waals surface area contributed by atoms with Crippen molar-refractivity contribution < 1.29 is 8.42 Å². The first-order valence-electron chi connectivity index (χ1n) is 6.69. The molecule has 0 heterocycles. The van der Waals surface area contributed by atoms with Gasteiger partial charge in [0.1, 0.15) is 0 Å². The van der Waals surface area contributed by atoms with Crippen molar-refractivity contribution in [2.24, 2.45) is 5.41 Å². The van der Waals surface area contributed by atoms with Crippen molar-refractivity contribution in [2.75, 3.05) is 6.54 Å². The first kappa shape index (κ1) is 15.0. The second kappa shape index (κ2) is 5.27. The molecule has 0 aliphatic heterocycles. The zero-order valence-electron chi connectivity index (χ0n) is 11.8. The van der Waals surface area contributed by atoms with Crippen LogP contribution in [-0.4, -0.2) is 31.5 Å². The molecule has 0 amide bonds. The molecule has 1 N–H and O–H groups in total. The fourth-order valence-corrected chi connectivity index (χ4v) is 4.95. The van der Waals surface area contributed by atoms with Crippen LogP contribution in [0, 0.1) is 5.41 Å². The maximum Gasteiger partial charge on any atom is 0.157 e. The van der Waals surface area contributed by atoms with Gasteiger partial charge < -0.3 is 5.32 Å². The molecule has 2 unspecified atom stereocenters. The van der Waals surface area contributed by atoms with Crippen LogP contribution in [0.25, 0.3) is 0 Å². The summed E-state index contributed by atoms with van der Waals surface area (Å²) >= 11 is 0. The van der Waals surface area contributed by atoms with Gasteiger partial charge in [-0.3, -0.25) is 0 Å². The van der Waals surface area contributed by atoms with Gasteiger partial charge in [-0.1, -0.05) is 27.2 Å². The lowest BCUT2D eigenvalue weighted by Crippen LogP contribution is -2.56. The average molecular weight is 261 g/mol. The molecule has 4 heteroatoms. The molecule has 1 fully saturated rings. The highest BCUT2D eigenvalue weighted by atomic mass is 32.2. The molecule has 0 aromatic heterocycles. The highest BCUT2D eigenvalue weighted by Crippen LogP contribution is 2.39. The van der Waals surface area contributed by atoms with E-state index >= 15 is 0 Å². The Balaban J connectivity index is 3.04. The molecule has 1 rings (SSSR count). The van der Waals surface area contributed by atoms with Crippen molar-refractivity contribution in [2.45, 2.75) is 70.4 Å². The van der Waals surface area contributed by atoms with Crippen LogP contribution in [0.1, 0.15) is 53.9 Å². The highest BCUT2D eigenvalue weighted by molar-refractivity contribution is 7.92. The van der Waals surface area contributed by atoms with Gasteiger partial charge in [-0.15, -0.1) is 0 Å². The summed E-state index contributed by atoms with van der Waals surface area (Å²) in [7, 11) is -3.00. The smallest absolute Gasteiger partial charge is 0.157 e. The van der Waals surface area contributed by atoms with E-state index in [1.165, 1.54) is 0 Å². The SMILES string of the molecule is CCNC1C(S(=O)(=O)C(C)C)CCCC1(C)C. The number of rotatable bonds is 4. The first-order valence-corrected chi connectivity index (χ1v) is 8.30. The summed E-state index contributed by atoms with van der Waals surface area (Å²) in [5.74, 6) is 0. The molecule has 102 valence electrons. The van der Waals surface area contributed by atoms with Crippen LogP contribution in [0.2, 0.25) is 0 Å². The molecular weight excluding hydrogens is 234 g/mol. The third-order valence-electron chi connectivity index (χ3n) is 4.03. The topological polar surface area (TPSA) is 46.2 Å². The normalized spacial score (nSPS) is 29.5. The average Bonchev–Trinajstić information content (AvgIpc) is 2.20. The zero-order valence-corrected chi connectivity index (χ0v) is 12.6. The number of nitrogens with one attached hydrogen (secondary N) is 1. The zero-order chi connectivity index (χ0) is 13.3. The second-order valence-corrected chi connectivity index (χ2v) is 8.82. The predicted molar refractivity (Wildman–Crippen MR) is 72.9 cm³/mol. The Morgan fingerprint density at radius 2 is 1.94 bits per heavy atom. The summed E-state index contributed by atoms with van der Waals surface area (Å²) in [6.45, 7) is 10.8. The van der Waals surface area contributed by atoms with Gasteiger partial charge in [-0.25, -0.2) is 8.42 Å². The van der Waals surface area contributed by atoms with Crippen LogP contribution >= 0.6 is 0 Å². The Morgan fingerprint density at radius 1 is 1.35 bits per heavy atom. The first-order chi connectivity index (χ1) is 7.73. The minimum Gasteiger partial charge on any atom is -0.312 e. The van der Waals surface area contributed by atoms with E-state index in [0.717, 1.165) is 25.8 Å². The van der Waals surface area contributed by atoms with Crippen LogP contribution in [0.5, 0.6) is 0 Å². The van der Waals surface area contributed by atoms with Gasteiger partial charge in [0.05, 0.1) is 10.5 Å². The van der Waals surface area contributed by atoms with E-state index in [9.17, 15) is 8.42 Å². The van der Waals surface area contributed by atoms with Crippen molar-refractivity contribution in [3.05, 3.63) is 0 Å². The van der Waals surface area contributed by atoms with Gasteiger partial charge in [-0.2, -0.15) is 0 Å². The van der Waals surface area contributed by atoms with Gasteiger partial charge in [0.2, 0.25) is 0 Å². The quantitative estimate of drug-likeness (QED) is 0.845. The molecule has 1 aliphatic carbocycles. The van der Waals surface area contributed by atoms with E-state index in [0.29, 0.717) is 0 Å². The van der Waals surface area contributed by atoms with Crippen LogP contribution in [0.4, 0.5) is 0 Å². The van der Waals surface area contributed by atoms with Crippen LogP contribution in [0.15, 0.2) is 0 Å². The minimum atomic E-state index is -3.00. The minimum absolute atomic E-state index is 0.0703. The maximum absolute atomic E-state index is 12.4. The standard InChI is InChI=1S/C13H27NO2S/c1-6-14-12-11(17(15,16)10(2)3)8-7-9-13(12,4)5/h10-12,14H,6-9H2,1-5H3. The molecule has 0 spiro atoms. The summed E-state index contributed by atoms with van der Waals surface area (Å²) in [5.41, 5.74) is 0.0703. The van der Waals surface area contributed by atoms with Crippen LogP contribution < -0.4 is 5.32 Å². The molecule has 17 heavy (non-hydrogen) atoms. The lowest BCUT2D eigenvalue weighted by atomic mass is 9.73. The van der Waals surface area contributed by atoms with Crippen molar-refractivity contribution in [3.63, 3.8) is 0 Å². The number of hydrogen-bond donors (Lipinski definition) is 1. The predicted octanol–water partition coefficient (Wildman–Crippen LogP) is 2.37. The summed E-state index contributed by atoms with van der Waals surface area (Å²) in [6, 6.07) is 0.0913. The summed E-state index contributed by atoms with van der Waals surface area (Å²) in [5, 5.41) is 2.91. The van der Waals surface area contributed by atoms with E-state index in [1.807, 2.05) is 6.92 Å². The third-order valence-corrected chi connectivity index (χ3v) is 6.69. The summed E-state index contributed by atoms with van der Waals surface area (Å²) in [6.07, 6.45) is 2.93. The Hall–Kier alpha value is -0.0900. The molecule has 0 bridgehead atoms. The largest absolute Gasteiger partial charge is 0.312 e. The Bertz CT molecular complexity index is 346. The lowest BCUT2D eigenvalue weighted by molar-refractivity contribution is 0.172. The van der Waals surface area contributed by atoms with E-state index in [-0.39, 0.29) is 22.0 Å². The van der Waals surface area contributed by atoms with E-state index < -0.39 is 9.84 Å². The maximum atomic E-state index is 12.4. The lowest BCUT2D eigenvalue weighted by Gasteiger charge is -2.44. The van der Waals surface area contributed by atoms with E-state index in [4.69, 9.17) is 0 Å².